The lowest BCUT2D eigenvalue weighted by Gasteiger charge is -2.28. The van der Waals surface area contributed by atoms with Crippen LogP contribution in [0.4, 0.5) is 5.69 Å². The second-order valence-corrected chi connectivity index (χ2v) is 8.68. The summed E-state index contributed by atoms with van der Waals surface area (Å²) < 4.78 is 7.73. The van der Waals surface area contributed by atoms with Gasteiger partial charge in [0, 0.05) is 42.8 Å². The van der Waals surface area contributed by atoms with Crippen LogP contribution in [0.25, 0.3) is 0 Å². The Hall–Kier alpha value is -3.13. The molecule has 1 saturated carbocycles. The zero-order valence-corrected chi connectivity index (χ0v) is 17.8. The van der Waals surface area contributed by atoms with Gasteiger partial charge in [-0.2, -0.15) is 0 Å². The molecular formula is C23H26N6O2. The smallest absolute Gasteiger partial charge is 0.274 e. The summed E-state index contributed by atoms with van der Waals surface area (Å²) in [6.07, 6.45) is 5.55. The minimum atomic E-state index is -0.213. The highest BCUT2D eigenvalue weighted by Gasteiger charge is 2.38. The highest BCUT2D eigenvalue weighted by Crippen LogP contribution is 2.38. The van der Waals surface area contributed by atoms with Crippen LogP contribution in [-0.4, -0.2) is 43.9 Å². The fourth-order valence-corrected chi connectivity index (χ4v) is 4.20. The molecule has 2 aliphatic rings. The molecule has 2 aromatic heterocycles. The minimum Gasteiger partial charge on any atom is -0.380 e. The Morgan fingerprint density at radius 3 is 2.87 bits per heavy atom. The van der Waals surface area contributed by atoms with E-state index < -0.39 is 0 Å². The third-order valence-electron chi connectivity index (χ3n) is 6.18. The molecule has 160 valence electrons. The average Bonchev–Trinajstić information content (AvgIpc) is 3.38. The molecule has 0 radical (unpaired) electrons. The van der Waals surface area contributed by atoms with E-state index in [9.17, 15) is 4.79 Å². The molecule has 8 heteroatoms. The van der Waals surface area contributed by atoms with E-state index in [0.717, 1.165) is 54.3 Å². The second kappa shape index (κ2) is 7.85. The predicted octanol–water partition coefficient (Wildman–Crippen LogP) is 2.94. The highest BCUT2D eigenvalue weighted by molar-refractivity contribution is 6.03. The van der Waals surface area contributed by atoms with Crippen LogP contribution in [0.2, 0.25) is 0 Å². The number of carbonyl (C=O) groups is 1. The molecule has 1 aliphatic heterocycles. The summed E-state index contributed by atoms with van der Waals surface area (Å²) in [4.78, 5) is 21.9. The maximum atomic E-state index is 12.9. The van der Waals surface area contributed by atoms with E-state index in [2.05, 4.69) is 31.5 Å². The van der Waals surface area contributed by atoms with E-state index in [1.54, 1.807) is 12.4 Å². The maximum Gasteiger partial charge on any atom is 0.274 e. The van der Waals surface area contributed by atoms with Crippen molar-refractivity contribution in [1.82, 2.24) is 24.7 Å². The van der Waals surface area contributed by atoms with Gasteiger partial charge in [0.25, 0.3) is 5.91 Å². The molecule has 0 unspecified atom stereocenters. The molecule has 1 aromatic carbocycles. The van der Waals surface area contributed by atoms with E-state index in [0.29, 0.717) is 24.8 Å². The first-order chi connectivity index (χ1) is 15.0. The molecule has 1 aliphatic carbocycles. The number of amides is 1. The van der Waals surface area contributed by atoms with Gasteiger partial charge in [0.1, 0.15) is 23.7 Å². The van der Waals surface area contributed by atoms with Gasteiger partial charge in [-0.25, -0.2) is 9.97 Å². The average molecular weight is 419 g/mol. The van der Waals surface area contributed by atoms with Gasteiger partial charge in [0.15, 0.2) is 0 Å². The van der Waals surface area contributed by atoms with Crippen LogP contribution < -0.4 is 5.32 Å². The number of benzene rings is 1. The third kappa shape index (κ3) is 4.07. The lowest BCUT2D eigenvalue weighted by atomic mass is 9.76. The van der Waals surface area contributed by atoms with Crippen molar-refractivity contribution in [3.8, 4) is 0 Å². The number of aromatic nitrogens is 5. The summed E-state index contributed by atoms with van der Waals surface area (Å²) in [6.45, 7) is 3.23. The van der Waals surface area contributed by atoms with Gasteiger partial charge in [-0.1, -0.05) is 12.1 Å². The summed E-state index contributed by atoms with van der Waals surface area (Å²) in [5.41, 5.74) is 2.92. The number of nitrogens with one attached hydrogen (secondary N) is 1. The Morgan fingerprint density at radius 1 is 1.29 bits per heavy atom. The minimum absolute atomic E-state index is 0.188. The van der Waals surface area contributed by atoms with E-state index >= 15 is 0 Å². The normalized spacial score (nSPS) is 20.7. The molecule has 1 atom stereocenters. The molecule has 1 N–H and O–H groups in total. The van der Waals surface area contributed by atoms with Crippen molar-refractivity contribution in [3.63, 3.8) is 0 Å². The molecule has 1 amide bonds. The van der Waals surface area contributed by atoms with Crippen molar-refractivity contribution in [2.45, 2.75) is 43.9 Å². The van der Waals surface area contributed by atoms with Gasteiger partial charge >= 0.3 is 0 Å². The van der Waals surface area contributed by atoms with Gasteiger partial charge < -0.3 is 14.6 Å². The van der Waals surface area contributed by atoms with Crippen LogP contribution in [0.1, 0.15) is 58.6 Å². The summed E-state index contributed by atoms with van der Waals surface area (Å²) in [7, 11) is 1.95. The Morgan fingerprint density at radius 2 is 2.16 bits per heavy atom. The Bertz CT molecular complexity index is 1110. The van der Waals surface area contributed by atoms with Crippen LogP contribution in [0.5, 0.6) is 0 Å². The number of anilines is 1. The number of hydrogen-bond donors (Lipinski definition) is 1. The summed E-state index contributed by atoms with van der Waals surface area (Å²) in [5, 5.41) is 11.3. The molecule has 0 spiro atoms. The van der Waals surface area contributed by atoms with E-state index in [1.807, 2.05) is 36.7 Å². The number of ether oxygens (including phenoxy) is 1. The van der Waals surface area contributed by atoms with Crippen LogP contribution in [0.15, 0.2) is 36.7 Å². The number of aryl methyl sites for hydroxylation is 2. The van der Waals surface area contributed by atoms with Crippen LogP contribution in [0, 0.1) is 6.92 Å². The van der Waals surface area contributed by atoms with Crippen molar-refractivity contribution in [2.75, 3.05) is 18.5 Å². The molecule has 0 bridgehead atoms. The number of hydrogen-bond acceptors (Lipinski definition) is 6. The summed E-state index contributed by atoms with van der Waals surface area (Å²) in [6, 6.07) is 9.76. The first-order valence-corrected chi connectivity index (χ1v) is 10.7. The molecule has 1 saturated heterocycles. The van der Waals surface area contributed by atoms with Gasteiger partial charge in [0.2, 0.25) is 0 Å². The van der Waals surface area contributed by atoms with Crippen molar-refractivity contribution < 1.29 is 9.53 Å². The molecule has 8 nitrogen and oxygen atoms in total. The summed E-state index contributed by atoms with van der Waals surface area (Å²) in [5.74, 6) is 1.89. The number of nitrogens with zero attached hydrogens (tertiary/aromatic N) is 5. The monoisotopic (exact) mass is 418 g/mol. The van der Waals surface area contributed by atoms with E-state index in [1.165, 1.54) is 0 Å². The first-order valence-electron chi connectivity index (χ1n) is 10.7. The standard InChI is InChI=1S/C23H26N6O2/c1-15-10-19(27-21(25-15)16-6-7-16)22(30)26-18-5-3-4-17(11-18)23(8-9-31-13-23)12-20-28-24-14-29(20)2/h3-5,10-11,14,16H,6-9,12-13H2,1-2H3,(H,26,30)/t23-/m1/s1. The predicted molar refractivity (Wildman–Crippen MR) is 115 cm³/mol. The Labute approximate surface area is 181 Å². The lowest BCUT2D eigenvalue weighted by Crippen LogP contribution is -2.31. The third-order valence-corrected chi connectivity index (χ3v) is 6.18. The Kier molecular flexibility index (Phi) is 5.02. The molecule has 3 heterocycles. The zero-order valence-electron chi connectivity index (χ0n) is 17.8. The molecule has 2 fully saturated rings. The van der Waals surface area contributed by atoms with Crippen LogP contribution in [0.3, 0.4) is 0 Å². The van der Waals surface area contributed by atoms with Crippen LogP contribution >= 0.6 is 0 Å². The van der Waals surface area contributed by atoms with Gasteiger partial charge in [-0.15, -0.1) is 10.2 Å². The van der Waals surface area contributed by atoms with Gasteiger partial charge in [-0.3, -0.25) is 4.79 Å². The largest absolute Gasteiger partial charge is 0.380 e. The molecule has 5 rings (SSSR count). The number of carbonyl (C=O) groups excluding carboxylic acids is 1. The van der Waals surface area contributed by atoms with Crippen molar-refractivity contribution in [3.05, 3.63) is 65.3 Å². The van der Waals surface area contributed by atoms with E-state index in [-0.39, 0.29) is 11.3 Å². The molecular weight excluding hydrogens is 392 g/mol. The number of rotatable bonds is 6. The van der Waals surface area contributed by atoms with Crippen LogP contribution in [-0.2, 0) is 23.6 Å². The SMILES string of the molecule is Cc1cc(C(=O)Nc2cccc([C@@]3(Cc4nncn4C)CCOC3)c2)nc(C2CC2)n1. The highest BCUT2D eigenvalue weighted by atomic mass is 16.5. The summed E-state index contributed by atoms with van der Waals surface area (Å²) >= 11 is 0. The quantitative estimate of drug-likeness (QED) is 0.661. The fraction of sp³-hybridized carbons (Fsp3) is 0.435. The topological polar surface area (TPSA) is 94.8 Å². The Balaban J connectivity index is 1.39. The van der Waals surface area contributed by atoms with Crippen molar-refractivity contribution >= 4 is 11.6 Å². The van der Waals surface area contributed by atoms with Crippen molar-refractivity contribution in [2.24, 2.45) is 7.05 Å². The zero-order chi connectivity index (χ0) is 21.4. The maximum absolute atomic E-state index is 12.9. The molecule has 3 aromatic rings. The van der Waals surface area contributed by atoms with Crippen molar-refractivity contribution in [1.29, 1.82) is 0 Å². The van der Waals surface area contributed by atoms with E-state index in [4.69, 9.17) is 4.74 Å². The fourth-order valence-electron chi connectivity index (χ4n) is 4.20. The second-order valence-electron chi connectivity index (χ2n) is 8.68. The molecule has 31 heavy (non-hydrogen) atoms. The van der Waals surface area contributed by atoms with Gasteiger partial charge in [-0.05, 0) is 49.9 Å². The lowest BCUT2D eigenvalue weighted by molar-refractivity contribution is 0.102. The first kappa shape index (κ1) is 19.8. The van der Waals surface area contributed by atoms with Gasteiger partial charge in [0.05, 0.1) is 6.61 Å².